The summed E-state index contributed by atoms with van der Waals surface area (Å²) in [4.78, 5) is 0. The molecule has 1 nitrogen and oxygen atoms in total. The third-order valence-electron chi connectivity index (χ3n) is 4.37. The topological polar surface area (TPSA) is 12.5 Å². The van der Waals surface area contributed by atoms with E-state index in [0.717, 1.165) is 13.0 Å². The van der Waals surface area contributed by atoms with Gasteiger partial charge < -0.3 is 4.74 Å². The minimum Gasteiger partial charge on any atom is -0.369 e. The Bertz CT molecular complexity index is 276. The van der Waals surface area contributed by atoms with E-state index in [-0.39, 0.29) is 0 Å². The van der Waals surface area contributed by atoms with E-state index < -0.39 is 0 Å². The second kappa shape index (κ2) is 15.3. The Hall–Kier alpha value is -0.560. The molecule has 1 atom stereocenters. The van der Waals surface area contributed by atoms with Crippen molar-refractivity contribution < 1.29 is 4.74 Å². The van der Waals surface area contributed by atoms with Gasteiger partial charge in [-0.05, 0) is 19.3 Å². The first kappa shape index (κ1) is 19.5. The summed E-state index contributed by atoms with van der Waals surface area (Å²) in [6, 6.07) is 0. The number of hydrogen-bond donors (Lipinski definition) is 0. The van der Waals surface area contributed by atoms with Crippen LogP contribution in [0.2, 0.25) is 0 Å². The van der Waals surface area contributed by atoms with Crippen molar-refractivity contribution in [3.63, 3.8) is 0 Å². The van der Waals surface area contributed by atoms with Crippen LogP contribution in [0.25, 0.3) is 0 Å². The van der Waals surface area contributed by atoms with Crippen LogP contribution < -0.4 is 0 Å². The highest BCUT2D eigenvalue weighted by molar-refractivity contribution is 4.99. The molecule has 1 saturated heterocycles. The van der Waals surface area contributed by atoms with E-state index in [1.54, 1.807) is 0 Å². The van der Waals surface area contributed by atoms with Crippen molar-refractivity contribution in [1.29, 1.82) is 0 Å². The van der Waals surface area contributed by atoms with Gasteiger partial charge in [-0.3, -0.25) is 0 Å². The summed E-state index contributed by atoms with van der Waals surface area (Å²) in [5.74, 6) is 0. The van der Waals surface area contributed by atoms with E-state index in [2.05, 4.69) is 31.2 Å². The molecule has 0 radical (unpaired) electrons. The van der Waals surface area contributed by atoms with Gasteiger partial charge >= 0.3 is 0 Å². The molecule has 0 bridgehead atoms. The Morgan fingerprint density at radius 1 is 0.727 bits per heavy atom. The van der Waals surface area contributed by atoms with Crippen LogP contribution >= 0.6 is 0 Å². The first-order valence-corrected chi connectivity index (χ1v) is 9.86. The monoisotopic (exact) mass is 306 g/mol. The molecule has 1 rings (SSSR count). The lowest BCUT2D eigenvalue weighted by Crippen LogP contribution is -1.82. The minimum atomic E-state index is 0.435. The lowest BCUT2D eigenvalue weighted by molar-refractivity contribution is 0.440. The maximum atomic E-state index is 5.13. The van der Waals surface area contributed by atoms with Gasteiger partial charge in [0.25, 0.3) is 0 Å². The highest BCUT2D eigenvalue weighted by Crippen LogP contribution is 2.13. The summed E-state index contributed by atoms with van der Waals surface area (Å²) in [6.45, 7) is 3.22. The van der Waals surface area contributed by atoms with Crippen molar-refractivity contribution in [2.75, 3.05) is 6.61 Å². The lowest BCUT2D eigenvalue weighted by atomic mass is 10.0. The number of rotatable bonds is 16. The van der Waals surface area contributed by atoms with E-state index in [4.69, 9.17) is 4.74 Å². The number of ether oxygens (including phenoxy) is 1. The van der Waals surface area contributed by atoms with Gasteiger partial charge in [0.2, 0.25) is 0 Å². The first-order valence-electron chi connectivity index (χ1n) is 9.86. The van der Waals surface area contributed by atoms with Crippen LogP contribution in [0.15, 0.2) is 24.3 Å². The maximum absolute atomic E-state index is 5.13. The fraction of sp³-hybridized carbons (Fsp3) is 0.810. The Labute approximate surface area is 139 Å². The zero-order valence-corrected chi connectivity index (χ0v) is 14.9. The van der Waals surface area contributed by atoms with Crippen molar-refractivity contribution in [2.45, 2.75) is 103 Å². The molecule has 0 saturated carbocycles. The van der Waals surface area contributed by atoms with E-state index >= 15 is 0 Å². The number of epoxide rings is 1. The van der Waals surface area contributed by atoms with Crippen LogP contribution in [-0.2, 0) is 4.74 Å². The van der Waals surface area contributed by atoms with Crippen molar-refractivity contribution >= 4 is 0 Å². The Morgan fingerprint density at radius 3 is 1.82 bits per heavy atom. The second-order valence-corrected chi connectivity index (χ2v) is 6.68. The van der Waals surface area contributed by atoms with Gasteiger partial charge in [0.05, 0.1) is 12.7 Å². The molecule has 0 N–H and O–H groups in total. The Balaban J connectivity index is 1.68. The molecule has 0 spiro atoms. The first-order chi connectivity index (χ1) is 10.9. The quantitative estimate of drug-likeness (QED) is 0.170. The fourth-order valence-electron chi connectivity index (χ4n) is 2.79. The van der Waals surface area contributed by atoms with Gasteiger partial charge in [-0.1, -0.05) is 102 Å². The van der Waals surface area contributed by atoms with Crippen LogP contribution in [0.3, 0.4) is 0 Å². The highest BCUT2D eigenvalue weighted by Gasteiger charge is 2.17. The third-order valence-corrected chi connectivity index (χ3v) is 4.37. The molecule has 1 fully saturated rings. The van der Waals surface area contributed by atoms with Gasteiger partial charge in [-0.15, -0.1) is 0 Å². The fourth-order valence-corrected chi connectivity index (χ4v) is 2.79. The van der Waals surface area contributed by atoms with Gasteiger partial charge in [0, 0.05) is 0 Å². The molecule has 1 unspecified atom stereocenters. The molecule has 22 heavy (non-hydrogen) atoms. The van der Waals surface area contributed by atoms with Gasteiger partial charge in [0.1, 0.15) is 0 Å². The molecular formula is C21H38O. The van der Waals surface area contributed by atoms with Crippen LogP contribution in [0.1, 0.15) is 96.8 Å². The zero-order chi connectivity index (χ0) is 15.7. The standard InChI is InChI=1S/C21H38O/c1-2-3-4-5-6-7-8-9-10-11-12-13-14-15-16-17-18-19-21-20-22-21/h15-16,18-19,21H,2-14,17,20H2,1H3/b16-15-,19-18-. The van der Waals surface area contributed by atoms with Crippen LogP contribution in [0.5, 0.6) is 0 Å². The Morgan fingerprint density at radius 2 is 1.27 bits per heavy atom. The molecule has 0 amide bonds. The van der Waals surface area contributed by atoms with Crippen molar-refractivity contribution in [2.24, 2.45) is 0 Å². The third kappa shape index (κ3) is 14.4. The van der Waals surface area contributed by atoms with Crippen LogP contribution in [0, 0.1) is 0 Å². The summed E-state index contributed by atoms with van der Waals surface area (Å²) in [6.07, 6.45) is 29.0. The SMILES string of the molecule is CCCCCCCCCCCCCC/C=C\C/C=C\C1CO1. The molecule has 0 aromatic carbocycles. The van der Waals surface area contributed by atoms with Crippen molar-refractivity contribution in [3.05, 3.63) is 24.3 Å². The number of allylic oxidation sites excluding steroid dienone is 3. The summed E-state index contributed by atoms with van der Waals surface area (Å²) in [5, 5.41) is 0. The Kier molecular flexibility index (Phi) is 13.6. The molecule has 1 aliphatic rings. The molecule has 128 valence electrons. The van der Waals surface area contributed by atoms with E-state index in [1.807, 2.05) is 0 Å². The summed E-state index contributed by atoms with van der Waals surface area (Å²) in [5.41, 5.74) is 0. The van der Waals surface area contributed by atoms with Crippen molar-refractivity contribution in [1.82, 2.24) is 0 Å². The summed E-state index contributed by atoms with van der Waals surface area (Å²) in [7, 11) is 0. The average molecular weight is 307 g/mol. The highest BCUT2D eigenvalue weighted by atomic mass is 16.6. The van der Waals surface area contributed by atoms with E-state index in [9.17, 15) is 0 Å². The lowest BCUT2D eigenvalue weighted by Gasteiger charge is -2.02. The molecular weight excluding hydrogens is 268 g/mol. The molecule has 1 heterocycles. The van der Waals surface area contributed by atoms with E-state index in [1.165, 1.54) is 83.5 Å². The number of unbranched alkanes of at least 4 members (excludes halogenated alkanes) is 12. The van der Waals surface area contributed by atoms with Gasteiger partial charge in [-0.25, -0.2) is 0 Å². The largest absolute Gasteiger partial charge is 0.369 e. The summed E-state index contributed by atoms with van der Waals surface area (Å²) >= 11 is 0. The van der Waals surface area contributed by atoms with Gasteiger partial charge in [0.15, 0.2) is 0 Å². The van der Waals surface area contributed by atoms with E-state index in [0.29, 0.717) is 6.10 Å². The van der Waals surface area contributed by atoms with Crippen molar-refractivity contribution in [3.8, 4) is 0 Å². The molecule has 0 aliphatic carbocycles. The second-order valence-electron chi connectivity index (χ2n) is 6.68. The average Bonchev–Trinajstić information content (AvgIpc) is 3.34. The predicted octanol–water partition coefficient (Wildman–Crippen LogP) is 6.98. The molecule has 1 aliphatic heterocycles. The normalized spacial score (nSPS) is 17.8. The zero-order valence-electron chi connectivity index (χ0n) is 14.9. The molecule has 0 aromatic heterocycles. The predicted molar refractivity (Wildman–Crippen MR) is 98.3 cm³/mol. The minimum absolute atomic E-state index is 0.435. The van der Waals surface area contributed by atoms with Crippen LogP contribution in [0.4, 0.5) is 0 Å². The van der Waals surface area contributed by atoms with Gasteiger partial charge in [-0.2, -0.15) is 0 Å². The molecule has 1 heteroatoms. The smallest absolute Gasteiger partial charge is 0.0991 e. The maximum Gasteiger partial charge on any atom is 0.0991 e. The number of hydrogen-bond acceptors (Lipinski definition) is 1. The summed E-state index contributed by atoms with van der Waals surface area (Å²) < 4.78 is 5.13. The van der Waals surface area contributed by atoms with Crippen LogP contribution in [-0.4, -0.2) is 12.7 Å². The molecule has 0 aromatic rings.